The zero-order valence-electron chi connectivity index (χ0n) is 11.8. The molecule has 0 heterocycles. The van der Waals surface area contributed by atoms with Gasteiger partial charge in [-0.15, -0.1) is 0 Å². The summed E-state index contributed by atoms with van der Waals surface area (Å²) in [4.78, 5) is 0.242. The van der Waals surface area contributed by atoms with Gasteiger partial charge in [-0.25, -0.2) is 8.42 Å². The third-order valence-electron chi connectivity index (χ3n) is 2.98. The maximum atomic E-state index is 12.0. The molecule has 0 saturated carbocycles. The van der Waals surface area contributed by atoms with E-state index < -0.39 is 9.84 Å². The molecule has 0 spiro atoms. The molecule has 0 aliphatic carbocycles. The number of ether oxygens (including phenoxy) is 1. The summed E-state index contributed by atoms with van der Waals surface area (Å²) in [6.07, 6.45) is 4.46. The highest BCUT2D eigenvalue weighted by molar-refractivity contribution is 7.91. The van der Waals surface area contributed by atoms with Crippen LogP contribution in [0, 0.1) is 11.3 Å². The van der Waals surface area contributed by atoms with Crippen molar-refractivity contribution in [1.29, 1.82) is 5.26 Å². The summed E-state index contributed by atoms with van der Waals surface area (Å²) in [7, 11) is -3.32. The lowest BCUT2D eigenvalue weighted by Gasteiger charge is -2.06. The van der Waals surface area contributed by atoms with Gasteiger partial charge >= 0.3 is 0 Å². The van der Waals surface area contributed by atoms with Crippen LogP contribution in [0.5, 0.6) is 0 Å². The van der Waals surface area contributed by atoms with Crippen molar-refractivity contribution in [3.8, 4) is 6.07 Å². The number of benzene rings is 1. The van der Waals surface area contributed by atoms with Crippen LogP contribution in [0.2, 0.25) is 0 Å². The molecule has 0 amide bonds. The molecule has 0 unspecified atom stereocenters. The van der Waals surface area contributed by atoms with Crippen molar-refractivity contribution in [2.24, 2.45) is 0 Å². The van der Waals surface area contributed by atoms with Crippen LogP contribution >= 0.6 is 0 Å². The standard InChI is InChI=1S/C15H21NO3S/c1-2-3-4-5-10-19-11-12-20(17,18)15-8-6-14(13-16)7-9-15/h6-9H,2-5,10-12H2,1H3. The van der Waals surface area contributed by atoms with Gasteiger partial charge in [0.15, 0.2) is 9.84 Å². The summed E-state index contributed by atoms with van der Waals surface area (Å²) in [5.74, 6) is -0.0212. The molecular weight excluding hydrogens is 274 g/mol. The van der Waals surface area contributed by atoms with Gasteiger partial charge in [-0.2, -0.15) is 5.26 Å². The number of unbranched alkanes of at least 4 members (excludes halogenated alkanes) is 3. The molecular formula is C15H21NO3S. The largest absolute Gasteiger partial charge is 0.380 e. The first-order valence-electron chi connectivity index (χ1n) is 6.91. The Balaban J connectivity index is 2.36. The molecule has 20 heavy (non-hydrogen) atoms. The molecule has 4 nitrogen and oxygen atoms in total. The summed E-state index contributed by atoms with van der Waals surface area (Å²) >= 11 is 0. The summed E-state index contributed by atoms with van der Waals surface area (Å²) < 4.78 is 29.4. The Hall–Kier alpha value is -1.38. The molecule has 0 atom stereocenters. The quantitative estimate of drug-likeness (QED) is 0.657. The normalized spacial score (nSPS) is 11.2. The van der Waals surface area contributed by atoms with Crippen LogP contribution in [0.3, 0.4) is 0 Å². The fraction of sp³-hybridized carbons (Fsp3) is 0.533. The topological polar surface area (TPSA) is 67.2 Å². The molecule has 0 saturated heterocycles. The van der Waals surface area contributed by atoms with Crippen LogP contribution in [0.25, 0.3) is 0 Å². The second-order valence-corrected chi connectivity index (χ2v) is 6.74. The van der Waals surface area contributed by atoms with Gasteiger partial charge in [0.05, 0.1) is 28.9 Å². The number of sulfone groups is 1. The van der Waals surface area contributed by atoms with E-state index in [1.165, 1.54) is 37.1 Å². The molecule has 0 N–H and O–H groups in total. The van der Waals surface area contributed by atoms with E-state index in [1.54, 1.807) is 0 Å². The van der Waals surface area contributed by atoms with Crippen molar-refractivity contribution in [2.75, 3.05) is 19.0 Å². The monoisotopic (exact) mass is 295 g/mol. The molecule has 0 radical (unpaired) electrons. The van der Waals surface area contributed by atoms with Crippen LogP contribution in [0.1, 0.15) is 38.2 Å². The molecule has 110 valence electrons. The zero-order valence-corrected chi connectivity index (χ0v) is 12.7. The van der Waals surface area contributed by atoms with Gasteiger partial charge in [0.1, 0.15) is 0 Å². The van der Waals surface area contributed by atoms with Crippen molar-refractivity contribution in [1.82, 2.24) is 0 Å². The lowest BCUT2D eigenvalue weighted by molar-refractivity contribution is 0.144. The van der Waals surface area contributed by atoms with Crippen molar-refractivity contribution in [3.63, 3.8) is 0 Å². The van der Waals surface area contributed by atoms with E-state index in [0.717, 1.165) is 12.8 Å². The molecule has 0 aliphatic rings. The second-order valence-electron chi connectivity index (χ2n) is 4.63. The van der Waals surface area contributed by atoms with Gasteiger partial charge < -0.3 is 4.74 Å². The number of hydrogen-bond acceptors (Lipinski definition) is 4. The SMILES string of the molecule is CCCCCCOCCS(=O)(=O)c1ccc(C#N)cc1. The van der Waals surface area contributed by atoms with E-state index in [1.807, 2.05) is 6.07 Å². The predicted octanol–water partition coefficient (Wildman–Crippen LogP) is 2.93. The first-order valence-corrected chi connectivity index (χ1v) is 8.56. The van der Waals surface area contributed by atoms with Crippen LogP contribution in [-0.4, -0.2) is 27.4 Å². The van der Waals surface area contributed by atoms with E-state index in [-0.39, 0.29) is 17.3 Å². The Bertz CT molecular complexity index is 529. The molecule has 0 aliphatic heterocycles. The maximum absolute atomic E-state index is 12.0. The minimum Gasteiger partial charge on any atom is -0.380 e. The van der Waals surface area contributed by atoms with E-state index >= 15 is 0 Å². The fourth-order valence-corrected chi connectivity index (χ4v) is 2.88. The third-order valence-corrected chi connectivity index (χ3v) is 4.68. The third kappa shape index (κ3) is 5.72. The van der Waals surface area contributed by atoms with Crippen molar-refractivity contribution in [2.45, 2.75) is 37.5 Å². The number of rotatable bonds is 9. The van der Waals surface area contributed by atoms with Gasteiger partial charge in [0, 0.05) is 6.61 Å². The molecule has 1 aromatic carbocycles. The Kier molecular flexibility index (Phi) is 7.27. The summed E-state index contributed by atoms with van der Waals surface area (Å²) in [5.41, 5.74) is 0.455. The minimum atomic E-state index is -3.32. The van der Waals surface area contributed by atoms with Crippen molar-refractivity contribution in [3.05, 3.63) is 29.8 Å². The van der Waals surface area contributed by atoms with Crippen LogP contribution in [-0.2, 0) is 14.6 Å². The Labute approximate surface area is 121 Å². The smallest absolute Gasteiger partial charge is 0.180 e. The van der Waals surface area contributed by atoms with Gasteiger partial charge in [-0.05, 0) is 30.7 Å². The molecule has 0 bridgehead atoms. The van der Waals surface area contributed by atoms with E-state index in [0.29, 0.717) is 12.2 Å². The number of nitriles is 1. The second kappa shape index (κ2) is 8.72. The fourth-order valence-electron chi connectivity index (χ4n) is 1.76. The van der Waals surface area contributed by atoms with E-state index in [2.05, 4.69) is 6.92 Å². The average molecular weight is 295 g/mol. The Morgan fingerprint density at radius 2 is 1.80 bits per heavy atom. The van der Waals surface area contributed by atoms with Crippen molar-refractivity contribution >= 4 is 9.84 Å². The van der Waals surface area contributed by atoms with E-state index in [9.17, 15) is 8.42 Å². The Morgan fingerprint density at radius 3 is 2.40 bits per heavy atom. The summed E-state index contributed by atoms with van der Waals surface area (Å²) in [6, 6.07) is 7.92. The summed E-state index contributed by atoms with van der Waals surface area (Å²) in [6.45, 7) is 2.97. The lowest BCUT2D eigenvalue weighted by atomic mass is 10.2. The van der Waals surface area contributed by atoms with Gasteiger partial charge in [-0.1, -0.05) is 26.2 Å². The maximum Gasteiger partial charge on any atom is 0.180 e. The highest BCUT2D eigenvalue weighted by atomic mass is 32.2. The Morgan fingerprint density at radius 1 is 1.10 bits per heavy atom. The number of hydrogen-bond donors (Lipinski definition) is 0. The zero-order chi connectivity index (χ0) is 14.8. The van der Waals surface area contributed by atoms with E-state index in [4.69, 9.17) is 10.00 Å². The highest BCUT2D eigenvalue weighted by Gasteiger charge is 2.13. The van der Waals surface area contributed by atoms with Gasteiger partial charge in [0.2, 0.25) is 0 Å². The highest BCUT2D eigenvalue weighted by Crippen LogP contribution is 2.12. The van der Waals surface area contributed by atoms with Crippen LogP contribution < -0.4 is 0 Å². The molecule has 0 fully saturated rings. The lowest BCUT2D eigenvalue weighted by Crippen LogP contribution is -2.13. The van der Waals surface area contributed by atoms with Crippen LogP contribution in [0.15, 0.2) is 29.2 Å². The van der Waals surface area contributed by atoms with Crippen molar-refractivity contribution < 1.29 is 13.2 Å². The van der Waals surface area contributed by atoms with Gasteiger partial charge in [0.25, 0.3) is 0 Å². The van der Waals surface area contributed by atoms with Gasteiger partial charge in [-0.3, -0.25) is 0 Å². The van der Waals surface area contributed by atoms with Crippen LogP contribution in [0.4, 0.5) is 0 Å². The molecule has 1 aromatic rings. The average Bonchev–Trinajstić information content (AvgIpc) is 2.46. The molecule has 1 rings (SSSR count). The first kappa shape index (κ1) is 16.7. The number of nitrogens with zero attached hydrogens (tertiary/aromatic N) is 1. The predicted molar refractivity (Wildman–Crippen MR) is 78.2 cm³/mol. The molecule has 0 aromatic heterocycles. The molecule has 5 heteroatoms. The first-order chi connectivity index (χ1) is 9.60. The minimum absolute atomic E-state index is 0.0212. The summed E-state index contributed by atoms with van der Waals surface area (Å²) in [5, 5.41) is 8.67.